The summed E-state index contributed by atoms with van der Waals surface area (Å²) in [6.07, 6.45) is 8.59. The molecule has 5 aliphatic rings. The van der Waals surface area contributed by atoms with Crippen LogP contribution in [0.2, 0.25) is 0 Å². The molecule has 0 saturated heterocycles. The molecule has 0 unspecified atom stereocenters. The van der Waals surface area contributed by atoms with Gasteiger partial charge < -0.3 is 0 Å². The number of hydrogen-bond donors (Lipinski definition) is 0. The van der Waals surface area contributed by atoms with E-state index in [9.17, 15) is 0 Å². The monoisotopic (exact) mass is 606 g/mol. The first-order chi connectivity index (χ1) is 20.6. The molecule has 5 aromatic carbocycles. The van der Waals surface area contributed by atoms with E-state index in [1.54, 1.807) is 5.56 Å². The Balaban J connectivity index is 1.30. The third-order valence-corrected chi connectivity index (χ3v) is 11.9. The van der Waals surface area contributed by atoms with Gasteiger partial charge in [0, 0.05) is 4.47 Å². The summed E-state index contributed by atoms with van der Waals surface area (Å²) in [5.41, 5.74) is 12.5. The van der Waals surface area contributed by atoms with Gasteiger partial charge in [-0.1, -0.05) is 119 Å². The Labute approximate surface area is 258 Å². The van der Waals surface area contributed by atoms with Crippen LogP contribution in [-0.2, 0) is 10.8 Å². The van der Waals surface area contributed by atoms with Crippen molar-refractivity contribution in [2.24, 2.45) is 17.8 Å². The largest absolute Gasteiger partial charge is 0.0714 e. The molecule has 0 spiro atoms. The van der Waals surface area contributed by atoms with Crippen molar-refractivity contribution in [3.8, 4) is 22.3 Å². The summed E-state index contributed by atoms with van der Waals surface area (Å²) in [5.74, 6) is 2.79. The maximum atomic E-state index is 3.84. The van der Waals surface area contributed by atoms with Gasteiger partial charge in [0.05, 0.1) is 5.41 Å². The second kappa shape index (κ2) is 9.29. The van der Waals surface area contributed by atoms with Crippen molar-refractivity contribution in [3.05, 3.63) is 154 Å². The number of hydrogen-bond acceptors (Lipinski definition) is 0. The molecule has 42 heavy (non-hydrogen) atoms. The van der Waals surface area contributed by atoms with Crippen LogP contribution in [0.1, 0.15) is 66.3 Å². The minimum Gasteiger partial charge on any atom is -0.0622 e. The Morgan fingerprint density at radius 1 is 0.476 bits per heavy atom. The van der Waals surface area contributed by atoms with E-state index in [1.165, 1.54) is 83.0 Å². The van der Waals surface area contributed by atoms with Crippen LogP contribution >= 0.6 is 15.9 Å². The van der Waals surface area contributed by atoms with Crippen LogP contribution in [0.3, 0.4) is 0 Å². The molecule has 10 rings (SSSR count). The molecule has 0 amide bonds. The first kappa shape index (κ1) is 25.1. The number of rotatable bonds is 4. The first-order valence-electron chi connectivity index (χ1n) is 15.8. The summed E-state index contributed by atoms with van der Waals surface area (Å²) in [4.78, 5) is 0. The molecular formula is C41H35Br. The fourth-order valence-electron chi connectivity index (χ4n) is 10.3. The normalized spacial score (nSPS) is 26.2. The van der Waals surface area contributed by atoms with Crippen molar-refractivity contribution in [1.82, 2.24) is 0 Å². The quantitative estimate of drug-likeness (QED) is 0.187. The van der Waals surface area contributed by atoms with Crippen molar-refractivity contribution < 1.29 is 0 Å². The molecule has 5 aliphatic carbocycles. The van der Waals surface area contributed by atoms with E-state index in [-0.39, 0.29) is 5.41 Å². The van der Waals surface area contributed by atoms with Gasteiger partial charge in [-0.15, -0.1) is 0 Å². The second-order valence-corrected chi connectivity index (χ2v) is 14.6. The Kier molecular flexibility index (Phi) is 5.55. The molecule has 5 aromatic rings. The zero-order valence-corrected chi connectivity index (χ0v) is 25.5. The lowest BCUT2D eigenvalue weighted by atomic mass is 9.47. The third-order valence-electron chi connectivity index (χ3n) is 11.4. The van der Waals surface area contributed by atoms with E-state index in [0.29, 0.717) is 5.41 Å². The maximum Gasteiger partial charge on any atom is 0.0714 e. The van der Waals surface area contributed by atoms with E-state index < -0.39 is 0 Å². The first-order valence-corrected chi connectivity index (χ1v) is 16.6. The summed E-state index contributed by atoms with van der Waals surface area (Å²) in [7, 11) is 0. The molecule has 1 heteroatoms. The van der Waals surface area contributed by atoms with Crippen molar-refractivity contribution in [1.29, 1.82) is 0 Å². The van der Waals surface area contributed by atoms with Gasteiger partial charge in [-0.3, -0.25) is 0 Å². The van der Waals surface area contributed by atoms with Gasteiger partial charge in [0.25, 0.3) is 0 Å². The molecule has 206 valence electrons. The predicted octanol–water partition coefficient (Wildman–Crippen LogP) is 10.9. The summed E-state index contributed by atoms with van der Waals surface area (Å²) in [5, 5.41) is 0. The lowest BCUT2D eigenvalue weighted by Gasteiger charge is -2.57. The number of benzene rings is 5. The molecule has 0 radical (unpaired) electrons. The van der Waals surface area contributed by atoms with Crippen LogP contribution in [0.5, 0.6) is 0 Å². The average Bonchev–Trinajstić information content (AvgIpc) is 3.31. The summed E-state index contributed by atoms with van der Waals surface area (Å²) in [6, 6.07) is 46.1. The van der Waals surface area contributed by atoms with Gasteiger partial charge >= 0.3 is 0 Å². The van der Waals surface area contributed by atoms with Crippen LogP contribution in [-0.4, -0.2) is 0 Å². The SMILES string of the molecule is Brc1ccc2c(c1)C(c1ccccc1)(c1ccccc1)c1cc(-c3ccccc3C34CC5CC(CC(C5)C3)C4)ccc1-2. The van der Waals surface area contributed by atoms with Crippen molar-refractivity contribution >= 4 is 15.9 Å². The van der Waals surface area contributed by atoms with Crippen molar-refractivity contribution in [2.45, 2.75) is 49.4 Å². The lowest BCUT2D eigenvalue weighted by Crippen LogP contribution is -2.48. The van der Waals surface area contributed by atoms with Gasteiger partial charge in [0.15, 0.2) is 0 Å². The van der Waals surface area contributed by atoms with Crippen LogP contribution in [0.4, 0.5) is 0 Å². The molecule has 0 atom stereocenters. The van der Waals surface area contributed by atoms with E-state index in [2.05, 4.69) is 137 Å². The summed E-state index contributed by atoms with van der Waals surface area (Å²) in [6.45, 7) is 0. The van der Waals surface area contributed by atoms with Crippen LogP contribution in [0.15, 0.2) is 126 Å². The number of fused-ring (bicyclic) bond motifs is 3. The minimum atomic E-state index is -0.386. The van der Waals surface area contributed by atoms with Crippen molar-refractivity contribution in [3.63, 3.8) is 0 Å². The second-order valence-electron chi connectivity index (χ2n) is 13.7. The molecule has 0 heterocycles. The Bertz CT molecular complexity index is 1740. The van der Waals surface area contributed by atoms with Crippen LogP contribution in [0.25, 0.3) is 22.3 Å². The minimum absolute atomic E-state index is 0.355. The van der Waals surface area contributed by atoms with E-state index in [0.717, 1.165) is 22.2 Å². The van der Waals surface area contributed by atoms with E-state index >= 15 is 0 Å². The third kappa shape index (κ3) is 3.53. The topological polar surface area (TPSA) is 0 Å². The average molecular weight is 608 g/mol. The Morgan fingerprint density at radius 2 is 1.00 bits per heavy atom. The summed E-state index contributed by atoms with van der Waals surface area (Å²) < 4.78 is 1.12. The standard InChI is InChI=1S/C41H35Br/c42-33-16-18-36-35-17-15-30(34-13-7-8-14-37(34)40-24-27-19-28(25-40)21-29(20-27)26-40)22-38(35)41(39(36)23-33,31-9-3-1-4-10-31)32-11-5-2-6-12-32/h1-18,22-23,27-29H,19-21,24-26H2. The molecule has 0 nitrogen and oxygen atoms in total. The molecule has 0 N–H and O–H groups in total. The van der Waals surface area contributed by atoms with Crippen molar-refractivity contribution in [2.75, 3.05) is 0 Å². The molecule has 4 bridgehead atoms. The smallest absolute Gasteiger partial charge is 0.0622 e. The molecule has 0 aliphatic heterocycles. The van der Waals surface area contributed by atoms with Gasteiger partial charge in [-0.2, -0.15) is 0 Å². The summed E-state index contributed by atoms with van der Waals surface area (Å²) >= 11 is 3.84. The van der Waals surface area contributed by atoms with Gasteiger partial charge in [-0.25, -0.2) is 0 Å². The maximum absolute atomic E-state index is 3.84. The molecular weight excluding hydrogens is 572 g/mol. The molecule has 4 saturated carbocycles. The Morgan fingerprint density at radius 3 is 1.62 bits per heavy atom. The molecule has 0 aromatic heterocycles. The number of halogens is 1. The fourth-order valence-corrected chi connectivity index (χ4v) is 10.6. The highest BCUT2D eigenvalue weighted by atomic mass is 79.9. The van der Waals surface area contributed by atoms with Gasteiger partial charge in [0.2, 0.25) is 0 Å². The predicted molar refractivity (Wildman–Crippen MR) is 177 cm³/mol. The van der Waals surface area contributed by atoms with Gasteiger partial charge in [0.1, 0.15) is 0 Å². The van der Waals surface area contributed by atoms with Gasteiger partial charge in [-0.05, 0) is 130 Å². The highest BCUT2D eigenvalue weighted by molar-refractivity contribution is 9.10. The van der Waals surface area contributed by atoms with E-state index in [4.69, 9.17) is 0 Å². The highest BCUT2D eigenvalue weighted by Crippen LogP contribution is 2.62. The van der Waals surface area contributed by atoms with Crippen LogP contribution in [0, 0.1) is 17.8 Å². The molecule has 4 fully saturated rings. The zero-order chi connectivity index (χ0) is 27.9. The highest BCUT2D eigenvalue weighted by Gasteiger charge is 2.52. The zero-order valence-electron chi connectivity index (χ0n) is 23.9. The van der Waals surface area contributed by atoms with Crippen LogP contribution < -0.4 is 0 Å². The fraction of sp³-hybridized carbons (Fsp3) is 0.268. The van der Waals surface area contributed by atoms with E-state index in [1.807, 2.05) is 0 Å². The lowest BCUT2D eigenvalue weighted by molar-refractivity contribution is -0.00492. The Hall–Kier alpha value is -3.42.